The number of methoxy groups -OCH3 is 1. The summed E-state index contributed by atoms with van der Waals surface area (Å²) in [7, 11) is 1.60. The summed E-state index contributed by atoms with van der Waals surface area (Å²) in [6, 6.07) is 10.5. The first-order chi connectivity index (χ1) is 12.4. The predicted octanol–water partition coefficient (Wildman–Crippen LogP) is 2.98. The van der Waals surface area contributed by atoms with Crippen molar-refractivity contribution < 1.29 is 14.9 Å². The van der Waals surface area contributed by atoms with Crippen LogP contribution in [0.1, 0.15) is 24.4 Å². The second kappa shape index (κ2) is 7.01. The standard InChI is InChI=1S/C20H20N2O4/c1-12-8-14(6-7-21-12)16-9-15(4-5-20(16)26-3)22-11-19(25)18(24)10-17(22)13(2)23/h4-11,13,23,25H,1-3H3. The molecule has 0 fully saturated rings. The molecule has 0 saturated carbocycles. The fourth-order valence-corrected chi connectivity index (χ4v) is 2.87. The molecule has 26 heavy (non-hydrogen) atoms. The summed E-state index contributed by atoms with van der Waals surface area (Å²) in [6.07, 6.45) is 2.16. The number of aromatic nitrogens is 2. The molecule has 2 aromatic heterocycles. The van der Waals surface area contributed by atoms with E-state index in [1.165, 1.54) is 12.3 Å². The molecule has 0 spiro atoms. The Bertz CT molecular complexity index is 1010. The first-order valence-electron chi connectivity index (χ1n) is 8.15. The van der Waals surface area contributed by atoms with Gasteiger partial charge >= 0.3 is 0 Å². The Kier molecular flexibility index (Phi) is 4.77. The quantitative estimate of drug-likeness (QED) is 0.754. The van der Waals surface area contributed by atoms with Gasteiger partial charge in [-0.2, -0.15) is 0 Å². The maximum absolute atomic E-state index is 11.8. The van der Waals surface area contributed by atoms with Crippen molar-refractivity contribution in [3.05, 3.63) is 70.4 Å². The average Bonchev–Trinajstić information content (AvgIpc) is 2.63. The predicted molar refractivity (Wildman–Crippen MR) is 98.9 cm³/mol. The minimum absolute atomic E-state index is 0.383. The van der Waals surface area contributed by atoms with E-state index in [-0.39, 0.29) is 5.75 Å². The Morgan fingerprint density at radius 2 is 1.96 bits per heavy atom. The third-order valence-electron chi connectivity index (χ3n) is 4.16. The molecule has 3 aromatic rings. The van der Waals surface area contributed by atoms with Gasteiger partial charge < -0.3 is 19.5 Å². The van der Waals surface area contributed by atoms with E-state index in [0.29, 0.717) is 17.1 Å². The monoisotopic (exact) mass is 352 g/mol. The molecule has 134 valence electrons. The van der Waals surface area contributed by atoms with Crippen LogP contribution in [-0.2, 0) is 0 Å². The van der Waals surface area contributed by atoms with E-state index in [1.54, 1.807) is 36.9 Å². The Balaban J connectivity index is 2.24. The van der Waals surface area contributed by atoms with Gasteiger partial charge in [-0.25, -0.2) is 0 Å². The lowest BCUT2D eigenvalue weighted by Gasteiger charge is -2.18. The number of pyridine rings is 2. The van der Waals surface area contributed by atoms with Crippen LogP contribution < -0.4 is 10.2 Å². The van der Waals surface area contributed by atoms with Crippen molar-refractivity contribution in [3.63, 3.8) is 0 Å². The Labute approximate surface area is 151 Å². The highest BCUT2D eigenvalue weighted by Gasteiger charge is 2.14. The summed E-state index contributed by atoms with van der Waals surface area (Å²) in [4.78, 5) is 16.0. The van der Waals surface area contributed by atoms with E-state index in [1.807, 2.05) is 25.1 Å². The summed E-state index contributed by atoms with van der Waals surface area (Å²) in [5.74, 6) is 0.301. The van der Waals surface area contributed by atoms with Crippen LogP contribution in [0.2, 0.25) is 0 Å². The molecule has 0 radical (unpaired) electrons. The maximum atomic E-state index is 11.8. The van der Waals surface area contributed by atoms with Gasteiger partial charge in [-0.05, 0) is 49.7 Å². The van der Waals surface area contributed by atoms with Crippen LogP contribution in [0.4, 0.5) is 0 Å². The van der Waals surface area contributed by atoms with Crippen molar-refractivity contribution in [1.29, 1.82) is 0 Å². The van der Waals surface area contributed by atoms with Crippen LogP contribution in [0.25, 0.3) is 16.8 Å². The van der Waals surface area contributed by atoms with Crippen LogP contribution in [0, 0.1) is 6.92 Å². The minimum Gasteiger partial charge on any atom is -0.503 e. The van der Waals surface area contributed by atoms with Crippen LogP contribution in [0.3, 0.4) is 0 Å². The number of nitrogens with zero attached hydrogens (tertiary/aromatic N) is 2. The molecular weight excluding hydrogens is 332 g/mol. The van der Waals surface area contributed by atoms with Crippen molar-refractivity contribution >= 4 is 0 Å². The molecule has 0 amide bonds. The van der Waals surface area contributed by atoms with Gasteiger partial charge in [-0.1, -0.05) is 0 Å². The lowest BCUT2D eigenvalue weighted by Crippen LogP contribution is -2.13. The summed E-state index contributed by atoms with van der Waals surface area (Å²) < 4.78 is 7.07. The lowest BCUT2D eigenvalue weighted by molar-refractivity contribution is 0.191. The van der Waals surface area contributed by atoms with Crippen LogP contribution in [0.15, 0.2) is 53.6 Å². The number of benzene rings is 1. The fraction of sp³-hybridized carbons (Fsp3) is 0.200. The van der Waals surface area contributed by atoms with Crippen molar-refractivity contribution in [2.75, 3.05) is 7.11 Å². The highest BCUT2D eigenvalue weighted by atomic mass is 16.5. The molecule has 0 aliphatic heterocycles. The second-order valence-corrected chi connectivity index (χ2v) is 6.06. The Morgan fingerprint density at radius 3 is 2.62 bits per heavy atom. The van der Waals surface area contributed by atoms with E-state index in [4.69, 9.17) is 4.74 Å². The average molecular weight is 352 g/mol. The van der Waals surface area contributed by atoms with Crippen LogP contribution in [-0.4, -0.2) is 26.9 Å². The zero-order valence-electron chi connectivity index (χ0n) is 14.8. The smallest absolute Gasteiger partial charge is 0.223 e. The van der Waals surface area contributed by atoms with E-state index in [9.17, 15) is 15.0 Å². The molecule has 0 aliphatic carbocycles. The normalized spacial score (nSPS) is 12.0. The summed E-state index contributed by atoms with van der Waals surface area (Å²) in [6.45, 7) is 3.48. The highest BCUT2D eigenvalue weighted by Crippen LogP contribution is 2.33. The van der Waals surface area contributed by atoms with Crippen molar-refractivity contribution in [2.24, 2.45) is 0 Å². The second-order valence-electron chi connectivity index (χ2n) is 6.06. The first-order valence-corrected chi connectivity index (χ1v) is 8.15. The molecule has 6 heteroatoms. The fourth-order valence-electron chi connectivity index (χ4n) is 2.87. The summed E-state index contributed by atoms with van der Waals surface area (Å²) in [5, 5.41) is 19.9. The van der Waals surface area contributed by atoms with E-state index in [0.717, 1.165) is 16.8 Å². The molecular formula is C20H20N2O4. The molecule has 1 unspecified atom stereocenters. The van der Waals surface area contributed by atoms with Gasteiger partial charge in [0.05, 0.1) is 25.1 Å². The van der Waals surface area contributed by atoms with E-state index in [2.05, 4.69) is 4.98 Å². The molecule has 1 aromatic carbocycles. The topological polar surface area (TPSA) is 84.6 Å². The first kappa shape index (κ1) is 17.7. The number of hydrogen-bond donors (Lipinski definition) is 2. The Morgan fingerprint density at radius 1 is 1.19 bits per heavy atom. The lowest BCUT2D eigenvalue weighted by atomic mass is 10.0. The van der Waals surface area contributed by atoms with Crippen molar-refractivity contribution in [2.45, 2.75) is 20.0 Å². The largest absolute Gasteiger partial charge is 0.503 e. The third kappa shape index (κ3) is 3.32. The van der Waals surface area contributed by atoms with Crippen molar-refractivity contribution in [3.8, 4) is 28.3 Å². The van der Waals surface area contributed by atoms with E-state index >= 15 is 0 Å². The maximum Gasteiger partial charge on any atom is 0.223 e. The number of rotatable bonds is 4. The van der Waals surface area contributed by atoms with Crippen molar-refractivity contribution in [1.82, 2.24) is 9.55 Å². The van der Waals surface area contributed by atoms with Gasteiger partial charge in [-0.3, -0.25) is 9.78 Å². The summed E-state index contributed by atoms with van der Waals surface area (Å²) >= 11 is 0. The van der Waals surface area contributed by atoms with Gasteiger partial charge in [-0.15, -0.1) is 0 Å². The molecule has 2 N–H and O–H groups in total. The van der Waals surface area contributed by atoms with E-state index < -0.39 is 11.5 Å². The molecule has 2 heterocycles. The molecule has 6 nitrogen and oxygen atoms in total. The Hall–Kier alpha value is -3.12. The summed E-state index contributed by atoms with van der Waals surface area (Å²) in [5.41, 5.74) is 3.18. The van der Waals surface area contributed by atoms with Gasteiger partial charge in [0.1, 0.15) is 5.75 Å². The molecule has 0 saturated heterocycles. The number of ether oxygens (including phenoxy) is 1. The van der Waals surface area contributed by atoms with Crippen LogP contribution >= 0.6 is 0 Å². The van der Waals surface area contributed by atoms with Gasteiger partial charge in [0.2, 0.25) is 5.43 Å². The molecule has 0 bridgehead atoms. The zero-order valence-corrected chi connectivity index (χ0v) is 14.8. The number of aliphatic hydroxyl groups excluding tert-OH is 1. The number of hydrogen-bond acceptors (Lipinski definition) is 5. The van der Waals surface area contributed by atoms with Crippen LogP contribution in [0.5, 0.6) is 11.5 Å². The van der Waals surface area contributed by atoms with Gasteiger partial charge in [0.15, 0.2) is 5.75 Å². The number of aliphatic hydroxyl groups is 1. The third-order valence-corrected chi connectivity index (χ3v) is 4.16. The zero-order chi connectivity index (χ0) is 18.8. The molecule has 0 aliphatic rings. The molecule has 1 atom stereocenters. The van der Waals surface area contributed by atoms with Gasteiger partial charge in [0.25, 0.3) is 0 Å². The number of aromatic hydroxyl groups is 1. The molecule has 3 rings (SSSR count). The minimum atomic E-state index is -0.878. The SMILES string of the molecule is COc1ccc(-n2cc(O)c(=O)cc2C(C)O)cc1-c1ccnc(C)c1. The highest BCUT2D eigenvalue weighted by molar-refractivity contribution is 5.73. The van der Waals surface area contributed by atoms with Gasteiger partial charge in [0, 0.05) is 29.2 Å². The number of aryl methyl sites for hydroxylation is 1.